The lowest BCUT2D eigenvalue weighted by Crippen LogP contribution is -2.46. The predicted molar refractivity (Wildman–Crippen MR) is 59.7 cm³/mol. The van der Waals surface area contributed by atoms with Crippen molar-refractivity contribution in [1.29, 1.82) is 0 Å². The number of carbonyl (C=O) groups is 1. The molecule has 0 bridgehead atoms. The summed E-state index contributed by atoms with van der Waals surface area (Å²) < 4.78 is 0. The van der Waals surface area contributed by atoms with Gasteiger partial charge in [0.1, 0.15) is 0 Å². The molecule has 2 rings (SSSR count). The van der Waals surface area contributed by atoms with Crippen molar-refractivity contribution in [2.75, 3.05) is 31.9 Å². The van der Waals surface area contributed by atoms with E-state index in [4.69, 9.17) is 5.73 Å². The van der Waals surface area contributed by atoms with E-state index in [9.17, 15) is 4.79 Å². The van der Waals surface area contributed by atoms with Gasteiger partial charge in [-0.15, -0.1) is 11.3 Å². The van der Waals surface area contributed by atoms with E-state index in [1.807, 2.05) is 10.3 Å². The van der Waals surface area contributed by atoms with E-state index in [0.717, 1.165) is 31.9 Å². The van der Waals surface area contributed by atoms with Gasteiger partial charge in [0.05, 0.1) is 12.1 Å². The fourth-order valence-corrected chi connectivity index (χ4v) is 2.15. The summed E-state index contributed by atoms with van der Waals surface area (Å²) >= 11 is 1.38. The SMILES string of the molecule is Nc1nc(CC(=O)N2CCNCC2)cs1. The van der Waals surface area contributed by atoms with Crippen molar-refractivity contribution in [1.82, 2.24) is 15.2 Å². The molecule has 3 N–H and O–H groups in total. The summed E-state index contributed by atoms with van der Waals surface area (Å²) in [7, 11) is 0. The third kappa shape index (κ3) is 2.66. The minimum absolute atomic E-state index is 0.141. The molecule has 1 aromatic rings. The lowest BCUT2D eigenvalue weighted by Gasteiger charge is -2.27. The summed E-state index contributed by atoms with van der Waals surface area (Å²) in [6.07, 6.45) is 0.369. The Morgan fingerprint density at radius 2 is 2.33 bits per heavy atom. The zero-order valence-electron chi connectivity index (χ0n) is 8.40. The Morgan fingerprint density at radius 1 is 1.60 bits per heavy atom. The third-order valence-electron chi connectivity index (χ3n) is 2.37. The highest BCUT2D eigenvalue weighted by Gasteiger charge is 2.17. The molecule has 0 aromatic carbocycles. The average Bonchev–Trinajstić information content (AvgIpc) is 2.65. The smallest absolute Gasteiger partial charge is 0.228 e. The molecule has 5 nitrogen and oxygen atoms in total. The molecule has 0 atom stereocenters. The molecule has 1 amide bonds. The van der Waals surface area contributed by atoms with E-state index in [2.05, 4.69) is 10.3 Å². The Hall–Kier alpha value is -1.14. The zero-order chi connectivity index (χ0) is 10.7. The maximum Gasteiger partial charge on any atom is 0.228 e. The highest BCUT2D eigenvalue weighted by molar-refractivity contribution is 7.13. The van der Waals surface area contributed by atoms with E-state index >= 15 is 0 Å². The monoisotopic (exact) mass is 226 g/mol. The quantitative estimate of drug-likeness (QED) is 0.726. The number of piperazine rings is 1. The minimum atomic E-state index is 0.141. The molecule has 6 heteroatoms. The summed E-state index contributed by atoms with van der Waals surface area (Å²) in [5.74, 6) is 0.141. The Morgan fingerprint density at radius 3 is 2.93 bits per heavy atom. The van der Waals surface area contributed by atoms with Crippen molar-refractivity contribution in [3.05, 3.63) is 11.1 Å². The van der Waals surface area contributed by atoms with Crippen LogP contribution in [0.15, 0.2) is 5.38 Å². The second-order valence-electron chi connectivity index (χ2n) is 3.48. The molecular weight excluding hydrogens is 212 g/mol. The predicted octanol–water partition coefficient (Wildman–Crippen LogP) is -0.300. The number of aromatic nitrogens is 1. The van der Waals surface area contributed by atoms with Gasteiger partial charge in [0.15, 0.2) is 5.13 Å². The number of carbonyl (C=O) groups excluding carboxylic acids is 1. The number of hydrogen-bond donors (Lipinski definition) is 2. The summed E-state index contributed by atoms with van der Waals surface area (Å²) in [5.41, 5.74) is 6.28. The Bertz CT molecular complexity index is 346. The standard InChI is InChI=1S/C9H14N4OS/c10-9-12-7(6-15-9)5-8(14)13-3-1-11-2-4-13/h6,11H,1-5H2,(H2,10,12). The Balaban J connectivity index is 1.91. The van der Waals surface area contributed by atoms with Crippen LogP contribution in [-0.2, 0) is 11.2 Å². The second-order valence-corrected chi connectivity index (χ2v) is 4.37. The maximum atomic E-state index is 11.8. The van der Waals surface area contributed by atoms with Gasteiger partial charge in [-0.1, -0.05) is 0 Å². The van der Waals surface area contributed by atoms with Gasteiger partial charge in [-0.05, 0) is 0 Å². The van der Waals surface area contributed by atoms with Crippen LogP contribution in [0.2, 0.25) is 0 Å². The van der Waals surface area contributed by atoms with E-state index in [-0.39, 0.29) is 5.91 Å². The molecule has 2 heterocycles. The summed E-state index contributed by atoms with van der Waals surface area (Å²) in [5, 5.41) is 5.58. The molecule has 82 valence electrons. The van der Waals surface area contributed by atoms with Crippen LogP contribution >= 0.6 is 11.3 Å². The summed E-state index contributed by atoms with van der Waals surface area (Å²) in [4.78, 5) is 17.7. The molecule has 0 aliphatic carbocycles. The Labute approximate surface area is 92.3 Å². The lowest BCUT2D eigenvalue weighted by molar-refractivity contribution is -0.131. The van der Waals surface area contributed by atoms with Crippen molar-refractivity contribution >= 4 is 22.4 Å². The second kappa shape index (κ2) is 4.59. The molecule has 1 fully saturated rings. The van der Waals surface area contributed by atoms with E-state index in [0.29, 0.717) is 11.6 Å². The van der Waals surface area contributed by atoms with Crippen LogP contribution in [-0.4, -0.2) is 42.0 Å². The largest absolute Gasteiger partial charge is 0.375 e. The molecule has 0 saturated carbocycles. The van der Waals surface area contributed by atoms with E-state index < -0.39 is 0 Å². The van der Waals surface area contributed by atoms with Crippen molar-refractivity contribution in [3.63, 3.8) is 0 Å². The minimum Gasteiger partial charge on any atom is -0.375 e. The lowest BCUT2D eigenvalue weighted by atomic mass is 10.2. The molecule has 0 spiro atoms. The number of nitrogen functional groups attached to an aromatic ring is 1. The van der Waals surface area contributed by atoms with Crippen molar-refractivity contribution in [2.45, 2.75) is 6.42 Å². The molecule has 1 saturated heterocycles. The van der Waals surface area contributed by atoms with E-state index in [1.165, 1.54) is 11.3 Å². The van der Waals surface area contributed by atoms with Crippen LogP contribution in [0.1, 0.15) is 5.69 Å². The first-order valence-electron chi connectivity index (χ1n) is 4.94. The van der Waals surface area contributed by atoms with Gasteiger partial charge in [0.2, 0.25) is 5.91 Å². The number of amides is 1. The highest BCUT2D eigenvalue weighted by Crippen LogP contribution is 2.12. The third-order valence-corrected chi connectivity index (χ3v) is 3.09. The van der Waals surface area contributed by atoms with Gasteiger partial charge in [-0.25, -0.2) is 4.98 Å². The van der Waals surface area contributed by atoms with Crippen LogP contribution in [0.3, 0.4) is 0 Å². The van der Waals surface area contributed by atoms with E-state index in [1.54, 1.807) is 0 Å². The summed E-state index contributed by atoms with van der Waals surface area (Å²) in [6.45, 7) is 3.34. The molecule has 1 aromatic heterocycles. The first kappa shape index (κ1) is 10.4. The first-order chi connectivity index (χ1) is 7.25. The fourth-order valence-electron chi connectivity index (χ4n) is 1.58. The summed E-state index contributed by atoms with van der Waals surface area (Å²) in [6, 6.07) is 0. The highest BCUT2D eigenvalue weighted by atomic mass is 32.1. The number of anilines is 1. The number of nitrogens with zero attached hydrogens (tertiary/aromatic N) is 2. The molecule has 15 heavy (non-hydrogen) atoms. The Kier molecular flexibility index (Phi) is 3.17. The van der Waals surface area contributed by atoms with Crippen LogP contribution in [0, 0.1) is 0 Å². The average molecular weight is 226 g/mol. The normalized spacial score (nSPS) is 16.7. The number of rotatable bonds is 2. The van der Waals surface area contributed by atoms with Gasteiger partial charge in [0.25, 0.3) is 0 Å². The molecule has 1 aliphatic rings. The number of nitrogens with one attached hydrogen (secondary N) is 1. The van der Waals surface area contributed by atoms with Gasteiger partial charge >= 0.3 is 0 Å². The van der Waals surface area contributed by atoms with Crippen molar-refractivity contribution in [2.24, 2.45) is 0 Å². The molecule has 1 aliphatic heterocycles. The first-order valence-corrected chi connectivity index (χ1v) is 5.82. The number of nitrogens with two attached hydrogens (primary N) is 1. The number of thiazole rings is 1. The molecule has 0 radical (unpaired) electrons. The zero-order valence-corrected chi connectivity index (χ0v) is 9.22. The van der Waals surface area contributed by atoms with Crippen LogP contribution < -0.4 is 11.1 Å². The van der Waals surface area contributed by atoms with Gasteiger partial charge in [0, 0.05) is 31.6 Å². The van der Waals surface area contributed by atoms with Crippen molar-refractivity contribution in [3.8, 4) is 0 Å². The van der Waals surface area contributed by atoms with Crippen LogP contribution in [0.4, 0.5) is 5.13 Å². The topological polar surface area (TPSA) is 71.2 Å². The van der Waals surface area contributed by atoms with Crippen LogP contribution in [0.25, 0.3) is 0 Å². The molecular formula is C9H14N4OS. The molecule has 0 unspecified atom stereocenters. The van der Waals surface area contributed by atoms with Gasteiger partial charge in [-0.2, -0.15) is 0 Å². The fraction of sp³-hybridized carbons (Fsp3) is 0.556. The van der Waals surface area contributed by atoms with Gasteiger partial charge < -0.3 is 16.0 Å². The maximum absolute atomic E-state index is 11.8. The number of hydrogen-bond acceptors (Lipinski definition) is 5. The van der Waals surface area contributed by atoms with Crippen molar-refractivity contribution < 1.29 is 4.79 Å². The van der Waals surface area contributed by atoms with Gasteiger partial charge in [-0.3, -0.25) is 4.79 Å². The van der Waals surface area contributed by atoms with Crippen LogP contribution in [0.5, 0.6) is 0 Å².